The zero-order chi connectivity index (χ0) is 6.97. The van der Waals surface area contributed by atoms with Crippen LogP contribution in [0.15, 0.2) is 22.8 Å². The van der Waals surface area contributed by atoms with Gasteiger partial charge in [0.25, 0.3) is 0 Å². The summed E-state index contributed by atoms with van der Waals surface area (Å²) in [6.07, 6.45) is 2.94. The molecule has 0 radical (unpaired) electrons. The summed E-state index contributed by atoms with van der Waals surface area (Å²) >= 11 is 0. The number of rotatable bonds is 2. The predicted octanol–water partition coefficient (Wildman–Crippen LogP) is 1.34. The first-order chi connectivity index (χ1) is 4.92. The third-order valence-corrected chi connectivity index (χ3v) is 2.13. The molecule has 1 aromatic heterocycles. The van der Waals surface area contributed by atoms with E-state index in [4.69, 9.17) is 10.2 Å². The average Bonchev–Trinajstić information content (AvgIpc) is 2.56. The molecule has 54 valence electrons. The Morgan fingerprint density at radius 1 is 1.70 bits per heavy atom. The number of furan rings is 1. The maximum atomic E-state index is 5.49. The Kier molecular flexibility index (Phi) is 1.27. The smallest absolute Gasteiger partial charge is 0.107 e. The summed E-state index contributed by atoms with van der Waals surface area (Å²) < 4.78 is 5.23. The van der Waals surface area contributed by atoms with Crippen LogP contribution in [0.25, 0.3) is 0 Å². The molecule has 0 spiro atoms. The van der Waals surface area contributed by atoms with Crippen LogP contribution in [0.2, 0.25) is 0 Å². The SMILES string of the molecule is NC[C@H]1C[C@@H]1c1ccco1. The molecular weight excluding hydrogens is 126 g/mol. The molecule has 0 aromatic carbocycles. The van der Waals surface area contributed by atoms with Gasteiger partial charge in [-0.05, 0) is 31.0 Å². The number of nitrogens with two attached hydrogens (primary N) is 1. The van der Waals surface area contributed by atoms with Crippen LogP contribution in [0, 0.1) is 5.92 Å². The van der Waals surface area contributed by atoms with E-state index in [-0.39, 0.29) is 0 Å². The van der Waals surface area contributed by atoms with Gasteiger partial charge in [0.2, 0.25) is 0 Å². The summed E-state index contributed by atoms with van der Waals surface area (Å²) in [5.41, 5.74) is 5.49. The van der Waals surface area contributed by atoms with Crippen molar-refractivity contribution in [1.82, 2.24) is 0 Å². The van der Waals surface area contributed by atoms with Crippen molar-refractivity contribution in [3.8, 4) is 0 Å². The van der Waals surface area contributed by atoms with Crippen LogP contribution in [0.4, 0.5) is 0 Å². The van der Waals surface area contributed by atoms with Crippen molar-refractivity contribution in [1.29, 1.82) is 0 Å². The molecule has 0 bridgehead atoms. The third kappa shape index (κ3) is 0.847. The first-order valence-corrected chi connectivity index (χ1v) is 3.65. The van der Waals surface area contributed by atoms with E-state index in [0.717, 1.165) is 12.3 Å². The second kappa shape index (κ2) is 2.13. The van der Waals surface area contributed by atoms with E-state index >= 15 is 0 Å². The van der Waals surface area contributed by atoms with Crippen LogP contribution in [0.3, 0.4) is 0 Å². The van der Waals surface area contributed by atoms with E-state index < -0.39 is 0 Å². The maximum absolute atomic E-state index is 5.49. The molecule has 0 aliphatic heterocycles. The summed E-state index contributed by atoms with van der Waals surface area (Å²) in [7, 11) is 0. The summed E-state index contributed by atoms with van der Waals surface area (Å²) in [4.78, 5) is 0. The van der Waals surface area contributed by atoms with Crippen LogP contribution in [0.5, 0.6) is 0 Å². The van der Waals surface area contributed by atoms with Crippen molar-refractivity contribution >= 4 is 0 Å². The lowest BCUT2D eigenvalue weighted by Gasteiger charge is -1.89. The molecule has 2 atom stereocenters. The summed E-state index contributed by atoms with van der Waals surface area (Å²) in [5, 5.41) is 0. The second-order valence-electron chi connectivity index (χ2n) is 2.85. The monoisotopic (exact) mass is 137 g/mol. The van der Waals surface area contributed by atoms with Gasteiger partial charge in [-0.2, -0.15) is 0 Å². The Bertz CT molecular complexity index is 205. The van der Waals surface area contributed by atoms with Crippen molar-refractivity contribution in [3.05, 3.63) is 24.2 Å². The Balaban J connectivity index is 2.05. The van der Waals surface area contributed by atoms with Gasteiger partial charge >= 0.3 is 0 Å². The minimum atomic E-state index is 0.625. The van der Waals surface area contributed by atoms with Gasteiger partial charge in [0, 0.05) is 5.92 Å². The molecule has 1 aliphatic rings. The zero-order valence-corrected chi connectivity index (χ0v) is 5.79. The largest absolute Gasteiger partial charge is 0.469 e. The van der Waals surface area contributed by atoms with Crippen LogP contribution in [0.1, 0.15) is 18.1 Å². The molecule has 1 aliphatic carbocycles. The molecule has 2 heteroatoms. The topological polar surface area (TPSA) is 39.2 Å². The maximum Gasteiger partial charge on any atom is 0.107 e. The summed E-state index contributed by atoms with van der Waals surface area (Å²) in [6.45, 7) is 0.797. The molecule has 1 saturated carbocycles. The van der Waals surface area contributed by atoms with E-state index in [1.165, 1.54) is 6.42 Å². The minimum Gasteiger partial charge on any atom is -0.469 e. The standard InChI is InChI=1S/C8H11NO/c9-5-6-4-7(6)8-2-1-3-10-8/h1-3,6-7H,4-5,9H2/t6-,7+/m1/s1. The molecule has 1 aromatic rings. The van der Waals surface area contributed by atoms with Gasteiger partial charge < -0.3 is 10.2 Å². The second-order valence-corrected chi connectivity index (χ2v) is 2.85. The fraction of sp³-hybridized carbons (Fsp3) is 0.500. The molecule has 1 fully saturated rings. The lowest BCUT2D eigenvalue weighted by atomic mass is 10.2. The highest BCUT2D eigenvalue weighted by Gasteiger charge is 2.38. The molecular formula is C8H11NO. The lowest BCUT2D eigenvalue weighted by Crippen LogP contribution is -2.01. The van der Waals surface area contributed by atoms with E-state index in [1.54, 1.807) is 6.26 Å². The quantitative estimate of drug-likeness (QED) is 0.668. The van der Waals surface area contributed by atoms with Crippen molar-refractivity contribution in [2.75, 3.05) is 6.54 Å². The van der Waals surface area contributed by atoms with Crippen molar-refractivity contribution in [3.63, 3.8) is 0 Å². The van der Waals surface area contributed by atoms with Crippen LogP contribution >= 0.6 is 0 Å². The van der Waals surface area contributed by atoms with Crippen LogP contribution in [-0.4, -0.2) is 6.54 Å². The Hall–Kier alpha value is -0.760. The molecule has 0 unspecified atom stereocenters. The van der Waals surface area contributed by atoms with Crippen LogP contribution in [-0.2, 0) is 0 Å². The van der Waals surface area contributed by atoms with E-state index in [9.17, 15) is 0 Å². The fourth-order valence-electron chi connectivity index (χ4n) is 1.36. The van der Waals surface area contributed by atoms with Gasteiger partial charge in [-0.25, -0.2) is 0 Å². The molecule has 2 nitrogen and oxygen atoms in total. The molecule has 0 saturated heterocycles. The molecule has 10 heavy (non-hydrogen) atoms. The van der Waals surface area contributed by atoms with E-state index in [0.29, 0.717) is 11.8 Å². The summed E-state index contributed by atoms with van der Waals surface area (Å²) in [6, 6.07) is 3.96. The summed E-state index contributed by atoms with van der Waals surface area (Å²) in [5.74, 6) is 2.42. The molecule has 2 rings (SSSR count). The molecule has 0 amide bonds. The van der Waals surface area contributed by atoms with E-state index in [2.05, 4.69) is 0 Å². The fourth-order valence-corrected chi connectivity index (χ4v) is 1.36. The average molecular weight is 137 g/mol. The minimum absolute atomic E-state index is 0.625. The molecule has 1 heterocycles. The number of hydrogen-bond acceptors (Lipinski definition) is 2. The Morgan fingerprint density at radius 3 is 3.10 bits per heavy atom. The highest BCUT2D eigenvalue weighted by atomic mass is 16.3. The predicted molar refractivity (Wildman–Crippen MR) is 38.6 cm³/mol. The number of hydrogen-bond donors (Lipinski definition) is 1. The Morgan fingerprint density at radius 2 is 2.60 bits per heavy atom. The lowest BCUT2D eigenvalue weighted by molar-refractivity contribution is 0.503. The first kappa shape index (κ1) is 5.98. The van der Waals surface area contributed by atoms with Gasteiger partial charge in [0.1, 0.15) is 5.76 Å². The van der Waals surface area contributed by atoms with Gasteiger partial charge in [0.05, 0.1) is 6.26 Å². The van der Waals surface area contributed by atoms with Crippen molar-refractivity contribution < 1.29 is 4.42 Å². The van der Waals surface area contributed by atoms with Crippen molar-refractivity contribution in [2.45, 2.75) is 12.3 Å². The van der Waals surface area contributed by atoms with Gasteiger partial charge in [0.15, 0.2) is 0 Å². The normalized spacial score (nSPS) is 30.5. The van der Waals surface area contributed by atoms with E-state index in [1.807, 2.05) is 12.1 Å². The first-order valence-electron chi connectivity index (χ1n) is 3.65. The third-order valence-electron chi connectivity index (χ3n) is 2.13. The highest BCUT2D eigenvalue weighted by molar-refractivity contribution is 5.15. The van der Waals surface area contributed by atoms with Crippen LogP contribution < -0.4 is 5.73 Å². The van der Waals surface area contributed by atoms with Crippen molar-refractivity contribution in [2.24, 2.45) is 11.7 Å². The highest BCUT2D eigenvalue weighted by Crippen LogP contribution is 2.46. The Labute approximate surface area is 60.0 Å². The van der Waals surface area contributed by atoms with Gasteiger partial charge in [-0.1, -0.05) is 0 Å². The van der Waals surface area contributed by atoms with Gasteiger partial charge in [-0.3, -0.25) is 0 Å². The van der Waals surface area contributed by atoms with Gasteiger partial charge in [-0.15, -0.1) is 0 Å². The zero-order valence-electron chi connectivity index (χ0n) is 5.79. The molecule has 2 N–H and O–H groups in total.